The lowest BCUT2D eigenvalue weighted by atomic mass is 10.1. The number of anilines is 1. The van der Waals surface area contributed by atoms with E-state index in [-0.39, 0.29) is 5.91 Å². The van der Waals surface area contributed by atoms with Crippen molar-refractivity contribution in [3.05, 3.63) is 64.1 Å². The number of nitrogens with zero attached hydrogens (tertiary/aromatic N) is 3. The Labute approximate surface area is 172 Å². The molecule has 7 heteroatoms. The second-order valence-corrected chi connectivity index (χ2v) is 8.35. The van der Waals surface area contributed by atoms with Gasteiger partial charge in [-0.15, -0.1) is 11.3 Å². The molecule has 5 nitrogen and oxygen atoms in total. The highest BCUT2D eigenvalue weighted by Crippen LogP contribution is 2.42. The Hall–Kier alpha value is -2.57. The first-order chi connectivity index (χ1) is 13.7. The van der Waals surface area contributed by atoms with Gasteiger partial charge in [0.1, 0.15) is 18.2 Å². The van der Waals surface area contributed by atoms with Crippen molar-refractivity contribution in [1.82, 2.24) is 9.88 Å². The zero-order valence-corrected chi connectivity index (χ0v) is 16.7. The van der Waals surface area contributed by atoms with Crippen LogP contribution in [-0.2, 0) is 6.61 Å². The Kier molecular flexibility index (Phi) is 4.45. The van der Waals surface area contributed by atoms with Gasteiger partial charge in [-0.3, -0.25) is 4.79 Å². The molecule has 0 atom stereocenters. The molecule has 0 radical (unpaired) electrons. The maximum atomic E-state index is 13.1. The minimum Gasteiger partial charge on any atom is -0.488 e. The molecule has 0 aliphatic carbocycles. The van der Waals surface area contributed by atoms with Gasteiger partial charge >= 0.3 is 0 Å². The standard InChI is InChI=1S/C21H18ClN3O2S/c22-15-5-6-19(23-12-15)24-7-9-25(10-8-24)21(26)18-11-14-13-27-17-4-2-1-3-16(17)20(14)28-18/h1-6,11-12H,7-10,13H2. The minimum absolute atomic E-state index is 0.0978. The quantitative estimate of drug-likeness (QED) is 0.630. The van der Waals surface area contributed by atoms with Crippen LogP contribution < -0.4 is 9.64 Å². The fraction of sp³-hybridized carbons (Fsp3) is 0.238. The number of benzene rings is 1. The number of fused-ring (bicyclic) bond motifs is 3. The second-order valence-electron chi connectivity index (χ2n) is 6.86. The summed E-state index contributed by atoms with van der Waals surface area (Å²) in [7, 11) is 0. The maximum absolute atomic E-state index is 13.1. The van der Waals surface area contributed by atoms with E-state index in [1.54, 1.807) is 17.5 Å². The molecule has 142 valence electrons. The average Bonchev–Trinajstić information content (AvgIpc) is 3.19. The van der Waals surface area contributed by atoms with Gasteiger partial charge in [-0.25, -0.2) is 4.98 Å². The molecule has 1 fully saturated rings. The Balaban J connectivity index is 1.31. The summed E-state index contributed by atoms with van der Waals surface area (Å²) >= 11 is 7.48. The maximum Gasteiger partial charge on any atom is 0.264 e. The average molecular weight is 412 g/mol. The van der Waals surface area contributed by atoms with Gasteiger partial charge in [0.05, 0.1) is 9.90 Å². The molecule has 2 aromatic heterocycles. The summed E-state index contributed by atoms with van der Waals surface area (Å²) in [6.07, 6.45) is 1.66. The number of hydrogen-bond acceptors (Lipinski definition) is 5. The number of thiophene rings is 1. The first-order valence-electron chi connectivity index (χ1n) is 9.20. The summed E-state index contributed by atoms with van der Waals surface area (Å²) in [5.74, 6) is 1.89. The fourth-order valence-electron chi connectivity index (χ4n) is 3.65. The number of halogens is 1. The Morgan fingerprint density at radius 1 is 1.11 bits per heavy atom. The summed E-state index contributed by atoms with van der Waals surface area (Å²) in [4.78, 5) is 23.5. The van der Waals surface area contributed by atoms with E-state index in [4.69, 9.17) is 16.3 Å². The van der Waals surface area contributed by atoms with Gasteiger partial charge in [0.25, 0.3) is 5.91 Å². The zero-order chi connectivity index (χ0) is 19.1. The van der Waals surface area contributed by atoms with Gasteiger partial charge in [-0.2, -0.15) is 0 Å². The van der Waals surface area contributed by atoms with Crippen LogP contribution in [0, 0.1) is 0 Å². The lowest BCUT2D eigenvalue weighted by Gasteiger charge is -2.35. The van der Waals surface area contributed by atoms with Crippen molar-refractivity contribution in [3.8, 4) is 16.2 Å². The highest BCUT2D eigenvalue weighted by Gasteiger charge is 2.27. The van der Waals surface area contributed by atoms with E-state index in [0.717, 1.165) is 45.5 Å². The molecule has 2 aliphatic heterocycles. The smallest absolute Gasteiger partial charge is 0.264 e. The summed E-state index contributed by atoms with van der Waals surface area (Å²) in [5, 5.41) is 0.629. The highest BCUT2D eigenvalue weighted by molar-refractivity contribution is 7.17. The molecular formula is C21H18ClN3O2S. The van der Waals surface area contributed by atoms with Crippen molar-refractivity contribution in [2.24, 2.45) is 0 Å². The number of rotatable bonds is 2. The molecule has 1 amide bonds. The van der Waals surface area contributed by atoms with Gasteiger partial charge in [-0.05, 0) is 30.3 Å². The number of amides is 1. The molecule has 0 N–H and O–H groups in total. The fourth-order valence-corrected chi connectivity index (χ4v) is 4.93. The topological polar surface area (TPSA) is 45.7 Å². The predicted octanol–water partition coefficient (Wildman–Crippen LogP) is 4.32. The van der Waals surface area contributed by atoms with E-state index < -0.39 is 0 Å². The van der Waals surface area contributed by atoms with Gasteiger partial charge in [-0.1, -0.05) is 23.7 Å². The van der Waals surface area contributed by atoms with E-state index in [9.17, 15) is 4.79 Å². The number of carbonyl (C=O) groups excluding carboxylic acids is 1. The Bertz CT molecular complexity index is 1030. The molecule has 28 heavy (non-hydrogen) atoms. The van der Waals surface area contributed by atoms with E-state index in [1.165, 1.54) is 0 Å². The van der Waals surface area contributed by atoms with E-state index in [2.05, 4.69) is 16.0 Å². The van der Waals surface area contributed by atoms with Gasteiger partial charge in [0.2, 0.25) is 0 Å². The number of para-hydroxylation sites is 1. The van der Waals surface area contributed by atoms with Crippen molar-refractivity contribution in [1.29, 1.82) is 0 Å². The zero-order valence-electron chi connectivity index (χ0n) is 15.1. The SMILES string of the molecule is O=C(c1cc2c(s1)-c1ccccc1OC2)N1CCN(c2ccc(Cl)cn2)CC1. The molecule has 2 aliphatic rings. The number of carbonyl (C=O) groups is 1. The third-order valence-electron chi connectivity index (χ3n) is 5.14. The van der Waals surface area contributed by atoms with Crippen molar-refractivity contribution in [3.63, 3.8) is 0 Å². The van der Waals surface area contributed by atoms with Gasteiger partial charge < -0.3 is 14.5 Å². The Morgan fingerprint density at radius 2 is 1.93 bits per heavy atom. The predicted molar refractivity (Wildman–Crippen MR) is 111 cm³/mol. The molecular weight excluding hydrogens is 394 g/mol. The van der Waals surface area contributed by atoms with Crippen molar-refractivity contribution in [2.45, 2.75) is 6.61 Å². The van der Waals surface area contributed by atoms with Crippen molar-refractivity contribution < 1.29 is 9.53 Å². The molecule has 5 rings (SSSR count). The monoisotopic (exact) mass is 411 g/mol. The largest absolute Gasteiger partial charge is 0.488 e. The number of pyridine rings is 1. The molecule has 1 saturated heterocycles. The lowest BCUT2D eigenvalue weighted by Crippen LogP contribution is -2.48. The van der Waals surface area contributed by atoms with Crippen LogP contribution in [0.15, 0.2) is 48.7 Å². The Morgan fingerprint density at radius 3 is 2.71 bits per heavy atom. The molecule has 0 saturated carbocycles. The van der Waals surface area contributed by atoms with Gasteiger partial charge in [0.15, 0.2) is 0 Å². The third-order valence-corrected chi connectivity index (χ3v) is 6.56. The number of hydrogen-bond donors (Lipinski definition) is 0. The normalized spacial score (nSPS) is 15.6. The molecule has 0 spiro atoms. The molecule has 1 aromatic carbocycles. The van der Waals surface area contributed by atoms with Crippen LogP contribution in [0.3, 0.4) is 0 Å². The lowest BCUT2D eigenvalue weighted by molar-refractivity contribution is 0.0751. The summed E-state index contributed by atoms with van der Waals surface area (Å²) in [6.45, 7) is 3.40. The van der Waals surface area contributed by atoms with Crippen LogP contribution in [0.1, 0.15) is 15.2 Å². The van der Waals surface area contributed by atoms with E-state index in [1.807, 2.05) is 41.3 Å². The first kappa shape index (κ1) is 17.5. The van der Waals surface area contributed by atoms with Crippen LogP contribution in [-0.4, -0.2) is 42.0 Å². The van der Waals surface area contributed by atoms with Crippen LogP contribution >= 0.6 is 22.9 Å². The summed E-state index contributed by atoms with van der Waals surface area (Å²) < 4.78 is 5.82. The molecule has 0 bridgehead atoms. The summed E-state index contributed by atoms with van der Waals surface area (Å²) in [6, 6.07) is 13.8. The van der Waals surface area contributed by atoms with Crippen LogP contribution in [0.4, 0.5) is 5.82 Å². The van der Waals surface area contributed by atoms with Crippen LogP contribution in [0.25, 0.3) is 10.4 Å². The van der Waals surface area contributed by atoms with E-state index in [0.29, 0.717) is 24.7 Å². The highest BCUT2D eigenvalue weighted by atomic mass is 35.5. The second kappa shape index (κ2) is 7.11. The minimum atomic E-state index is 0.0978. The number of piperazine rings is 1. The molecule has 3 aromatic rings. The van der Waals surface area contributed by atoms with Gasteiger partial charge in [0, 0.05) is 48.4 Å². The molecule has 0 unspecified atom stereocenters. The summed E-state index contributed by atoms with van der Waals surface area (Å²) in [5.41, 5.74) is 2.17. The van der Waals surface area contributed by atoms with Crippen LogP contribution in [0.2, 0.25) is 5.02 Å². The first-order valence-corrected chi connectivity index (χ1v) is 10.4. The number of ether oxygens (including phenoxy) is 1. The van der Waals surface area contributed by atoms with Crippen molar-refractivity contribution >= 4 is 34.7 Å². The van der Waals surface area contributed by atoms with E-state index >= 15 is 0 Å². The van der Waals surface area contributed by atoms with Crippen LogP contribution in [0.5, 0.6) is 5.75 Å². The molecule has 4 heterocycles. The third kappa shape index (κ3) is 3.12. The number of aromatic nitrogens is 1. The van der Waals surface area contributed by atoms with Crippen molar-refractivity contribution in [2.75, 3.05) is 31.1 Å².